The van der Waals surface area contributed by atoms with Crippen LogP contribution in [0.1, 0.15) is 65.4 Å². The lowest BCUT2D eigenvalue weighted by Gasteiger charge is -2.62. The number of pyridine rings is 2. The number of hydrogen-bond donors (Lipinski definition) is 2. The van der Waals surface area contributed by atoms with Gasteiger partial charge in [-0.05, 0) is 70.1 Å². The SMILES string of the molecule is CC(C)C(=O)NC12CC3C[C@H](C1)N(c1ccc(-c4cc(OCC(C)(C)O)cn5ncc(C#N)c45)cn1)[C@@H](C3)C2. The number of nitrogens with zero attached hydrogens (tertiary/aromatic N) is 5. The van der Waals surface area contributed by atoms with Gasteiger partial charge in [-0.1, -0.05) is 13.8 Å². The van der Waals surface area contributed by atoms with Crippen molar-refractivity contribution in [3.8, 4) is 22.9 Å². The highest BCUT2D eigenvalue weighted by Crippen LogP contribution is 2.52. The lowest BCUT2D eigenvalue weighted by atomic mass is 9.59. The molecule has 1 amide bonds. The molecule has 3 aromatic heterocycles. The number of rotatable bonds is 7. The van der Waals surface area contributed by atoms with Crippen LogP contribution in [-0.4, -0.2) is 55.4 Å². The summed E-state index contributed by atoms with van der Waals surface area (Å²) in [5.41, 5.74) is 1.76. The lowest BCUT2D eigenvalue weighted by molar-refractivity contribution is -0.128. The molecule has 39 heavy (non-hydrogen) atoms. The molecular weight excluding hydrogens is 492 g/mol. The number of anilines is 1. The Morgan fingerprint density at radius 2 is 2.00 bits per heavy atom. The average molecular weight is 529 g/mol. The second kappa shape index (κ2) is 9.23. The molecule has 7 rings (SSSR count). The topological polar surface area (TPSA) is 116 Å². The van der Waals surface area contributed by atoms with Crippen LogP contribution in [0.4, 0.5) is 5.82 Å². The van der Waals surface area contributed by atoms with Crippen molar-refractivity contribution >= 4 is 17.2 Å². The van der Waals surface area contributed by atoms with E-state index in [1.807, 2.05) is 32.2 Å². The first-order valence-electron chi connectivity index (χ1n) is 13.9. The fourth-order valence-electron chi connectivity index (χ4n) is 6.99. The van der Waals surface area contributed by atoms with Gasteiger partial charge in [0.25, 0.3) is 0 Å². The van der Waals surface area contributed by atoms with Gasteiger partial charge in [0.2, 0.25) is 5.91 Å². The van der Waals surface area contributed by atoms with Gasteiger partial charge < -0.3 is 20.1 Å². The van der Waals surface area contributed by atoms with Gasteiger partial charge in [0.05, 0.1) is 29.1 Å². The molecule has 0 aromatic carbocycles. The van der Waals surface area contributed by atoms with Gasteiger partial charge in [0, 0.05) is 40.9 Å². The third-order valence-electron chi connectivity index (χ3n) is 8.47. The van der Waals surface area contributed by atoms with E-state index >= 15 is 0 Å². The van der Waals surface area contributed by atoms with Crippen molar-refractivity contribution in [3.63, 3.8) is 0 Å². The average Bonchev–Trinajstić information content (AvgIpc) is 3.29. The van der Waals surface area contributed by atoms with Crippen LogP contribution in [0.15, 0.2) is 36.8 Å². The third-order valence-corrected chi connectivity index (χ3v) is 8.47. The Kier molecular flexibility index (Phi) is 6.07. The number of carbonyl (C=O) groups excluding carboxylic acids is 1. The van der Waals surface area contributed by atoms with E-state index in [0.717, 1.165) is 49.0 Å². The standard InChI is InChI=1S/C30H36N6O3/c1-18(2)28(37)34-30-10-19-7-22(11-30)36(23(8-19)12-30)26-6-5-20(14-32-26)25-9-24(39-17-29(3,4)38)16-35-27(25)21(13-31)15-33-35/h5-6,9,14-16,18-19,22-23,38H,7-8,10-12,17H2,1-4H3,(H,34,37)/t19?,22-,23+,30?. The number of amides is 1. The predicted molar refractivity (Wildman–Crippen MR) is 147 cm³/mol. The third kappa shape index (κ3) is 4.71. The molecule has 4 atom stereocenters. The number of ether oxygens (including phenoxy) is 1. The summed E-state index contributed by atoms with van der Waals surface area (Å²) in [6, 6.07) is 8.97. The molecule has 3 aromatic rings. The first kappa shape index (κ1) is 25.6. The normalized spacial score (nSPS) is 25.8. The fourth-order valence-corrected chi connectivity index (χ4v) is 6.99. The molecule has 2 saturated carbocycles. The van der Waals surface area contributed by atoms with E-state index in [2.05, 4.69) is 27.5 Å². The van der Waals surface area contributed by atoms with Crippen molar-refractivity contribution in [1.29, 1.82) is 5.26 Å². The van der Waals surface area contributed by atoms with Gasteiger partial charge in [0.15, 0.2) is 0 Å². The molecule has 9 nitrogen and oxygen atoms in total. The molecular formula is C30H36N6O3. The fraction of sp³-hybridized carbons (Fsp3) is 0.533. The first-order chi connectivity index (χ1) is 18.5. The second-order valence-electron chi connectivity index (χ2n) is 12.6. The zero-order valence-corrected chi connectivity index (χ0v) is 23.0. The summed E-state index contributed by atoms with van der Waals surface area (Å²) in [6.45, 7) is 7.42. The van der Waals surface area contributed by atoms with Crippen molar-refractivity contribution in [1.82, 2.24) is 19.9 Å². The number of fused-ring (bicyclic) bond motifs is 1. The van der Waals surface area contributed by atoms with Gasteiger partial charge in [-0.3, -0.25) is 4.79 Å². The molecule has 4 bridgehead atoms. The largest absolute Gasteiger partial charge is 0.489 e. The Labute approximate surface area is 228 Å². The van der Waals surface area contributed by atoms with Crippen molar-refractivity contribution < 1.29 is 14.6 Å². The maximum absolute atomic E-state index is 12.6. The van der Waals surface area contributed by atoms with Crippen molar-refractivity contribution in [2.45, 2.75) is 83.0 Å². The van der Waals surface area contributed by atoms with Crippen LogP contribution in [0.2, 0.25) is 0 Å². The quantitative estimate of drug-likeness (QED) is 0.475. The van der Waals surface area contributed by atoms with E-state index in [0.29, 0.717) is 34.8 Å². The highest BCUT2D eigenvalue weighted by molar-refractivity contribution is 5.85. The van der Waals surface area contributed by atoms with E-state index in [-0.39, 0.29) is 24.0 Å². The minimum atomic E-state index is -0.983. The minimum Gasteiger partial charge on any atom is -0.489 e. The van der Waals surface area contributed by atoms with Gasteiger partial charge in [-0.2, -0.15) is 10.4 Å². The summed E-state index contributed by atoms with van der Waals surface area (Å²) < 4.78 is 7.51. The summed E-state index contributed by atoms with van der Waals surface area (Å²) in [7, 11) is 0. The Balaban J connectivity index is 1.29. The summed E-state index contributed by atoms with van der Waals surface area (Å²) in [5, 5.41) is 27.6. The number of nitrogens with one attached hydrogen (secondary N) is 1. The van der Waals surface area contributed by atoms with Gasteiger partial charge in [0.1, 0.15) is 24.2 Å². The summed E-state index contributed by atoms with van der Waals surface area (Å²) >= 11 is 0. The van der Waals surface area contributed by atoms with Crippen LogP contribution in [0.5, 0.6) is 5.75 Å². The molecule has 2 N–H and O–H groups in total. The van der Waals surface area contributed by atoms with Crippen LogP contribution < -0.4 is 15.0 Å². The highest BCUT2D eigenvalue weighted by atomic mass is 16.5. The van der Waals surface area contributed by atoms with Gasteiger partial charge in [-0.15, -0.1) is 0 Å². The lowest BCUT2D eigenvalue weighted by Crippen LogP contribution is -2.70. The Morgan fingerprint density at radius 3 is 2.62 bits per heavy atom. The van der Waals surface area contributed by atoms with E-state index in [1.54, 1.807) is 30.8 Å². The maximum atomic E-state index is 12.6. The van der Waals surface area contributed by atoms with E-state index in [9.17, 15) is 15.2 Å². The molecule has 2 aliphatic carbocycles. The van der Waals surface area contributed by atoms with Crippen molar-refractivity contribution in [2.24, 2.45) is 11.8 Å². The number of piperidine rings is 2. The van der Waals surface area contributed by atoms with Crippen LogP contribution in [0, 0.1) is 23.2 Å². The molecule has 4 fully saturated rings. The summed E-state index contributed by atoms with van der Waals surface area (Å²) in [6.07, 6.45) is 10.4. The summed E-state index contributed by atoms with van der Waals surface area (Å²) in [5.74, 6) is 2.30. The smallest absolute Gasteiger partial charge is 0.222 e. The second-order valence-corrected chi connectivity index (χ2v) is 12.6. The van der Waals surface area contributed by atoms with Gasteiger partial charge >= 0.3 is 0 Å². The van der Waals surface area contributed by atoms with Crippen LogP contribution in [0.3, 0.4) is 0 Å². The highest BCUT2D eigenvalue weighted by Gasteiger charge is 2.55. The Morgan fingerprint density at radius 1 is 1.26 bits per heavy atom. The number of carbonyl (C=O) groups is 1. The van der Waals surface area contributed by atoms with E-state index < -0.39 is 5.60 Å². The maximum Gasteiger partial charge on any atom is 0.222 e. The molecule has 4 aliphatic rings. The molecule has 2 saturated heterocycles. The predicted octanol–water partition coefficient (Wildman–Crippen LogP) is 4.08. The van der Waals surface area contributed by atoms with Crippen molar-refractivity contribution in [2.75, 3.05) is 11.5 Å². The molecule has 2 aliphatic heterocycles. The number of nitriles is 1. The monoisotopic (exact) mass is 528 g/mol. The Bertz CT molecular complexity index is 1430. The molecule has 9 heteroatoms. The molecule has 0 radical (unpaired) electrons. The van der Waals surface area contributed by atoms with Gasteiger partial charge in [-0.25, -0.2) is 9.50 Å². The molecule has 204 valence electrons. The van der Waals surface area contributed by atoms with E-state index in [1.165, 1.54) is 0 Å². The van der Waals surface area contributed by atoms with Crippen LogP contribution in [-0.2, 0) is 4.79 Å². The minimum absolute atomic E-state index is 0.00819. The molecule has 5 heterocycles. The van der Waals surface area contributed by atoms with E-state index in [4.69, 9.17) is 9.72 Å². The molecule has 0 spiro atoms. The first-order valence-corrected chi connectivity index (χ1v) is 13.9. The zero-order chi connectivity index (χ0) is 27.5. The number of hydrogen-bond acceptors (Lipinski definition) is 7. The van der Waals surface area contributed by atoms with Crippen LogP contribution in [0.25, 0.3) is 16.6 Å². The number of aliphatic hydroxyl groups is 1. The summed E-state index contributed by atoms with van der Waals surface area (Å²) in [4.78, 5) is 20.0. The Hall–Kier alpha value is -3.64. The van der Waals surface area contributed by atoms with Crippen molar-refractivity contribution in [3.05, 3.63) is 42.4 Å². The van der Waals surface area contributed by atoms with Crippen LogP contribution >= 0.6 is 0 Å². The number of aromatic nitrogens is 3. The zero-order valence-electron chi connectivity index (χ0n) is 23.0. The molecule has 2 unspecified atom stereocenters.